The minimum absolute atomic E-state index is 0.0525. The van der Waals surface area contributed by atoms with Crippen molar-refractivity contribution >= 4 is 31.5 Å². The van der Waals surface area contributed by atoms with Crippen LogP contribution in [0.3, 0.4) is 0 Å². The van der Waals surface area contributed by atoms with E-state index in [-0.39, 0.29) is 5.41 Å². The average Bonchev–Trinajstić information content (AvgIpc) is 3.84. The fourth-order valence-corrected chi connectivity index (χ4v) is 13.1. The van der Waals surface area contributed by atoms with Crippen LogP contribution in [0, 0.1) is 40.4 Å². The van der Waals surface area contributed by atoms with Crippen LogP contribution in [0.2, 0.25) is 0 Å². The highest BCUT2D eigenvalue weighted by Crippen LogP contribution is 2.81. The summed E-state index contributed by atoms with van der Waals surface area (Å²) < 4.78 is 2.44. The summed E-state index contributed by atoms with van der Waals surface area (Å²) in [5.41, 5.74) is 9.04. The minimum Gasteiger partial charge on any atom is -0.264 e. The molecule has 0 N–H and O–H groups in total. The molecule has 4 aromatic carbocycles. The summed E-state index contributed by atoms with van der Waals surface area (Å²) in [6, 6.07) is 34.5. The van der Waals surface area contributed by atoms with Gasteiger partial charge in [0, 0.05) is 60.2 Å². The van der Waals surface area contributed by atoms with Gasteiger partial charge >= 0.3 is 0 Å². The molecule has 4 saturated carbocycles. The van der Waals surface area contributed by atoms with Gasteiger partial charge in [-0.25, -0.2) is 15.0 Å². The number of aromatic nitrogens is 4. The van der Waals surface area contributed by atoms with Gasteiger partial charge in [0.2, 0.25) is 0 Å². The third kappa shape index (κ3) is 3.28. The number of nitrogens with zero attached hydrogens (tertiary/aromatic N) is 5. The Balaban J connectivity index is 1.12. The fraction of sp³-hybridized carbons (Fsp3) is 0.250. The molecule has 3 aromatic heterocycles. The monoisotopic (exact) mass is 661 g/mol. The van der Waals surface area contributed by atoms with Crippen molar-refractivity contribution in [1.82, 2.24) is 19.9 Å². The number of nitriles is 1. The quantitative estimate of drug-likeness (QED) is 0.188. The normalized spacial score (nSPS) is 27.7. The first-order valence-electron chi connectivity index (χ1n) is 17.9. The summed E-state index contributed by atoms with van der Waals surface area (Å²) >= 11 is 1.79. The summed E-state index contributed by atoms with van der Waals surface area (Å²) in [7, 11) is 0. The molecular formula is C44H31N5S. The molecular weight excluding hydrogens is 631 g/mol. The molecule has 2 spiro atoms. The summed E-state index contributed by atoms with van der Waals surface area (Å²) in [6.07, 6.45) is 10.8. The summed E-state index contributed by atoms with van der Waals surface area (Å²) in [5, 5.41) is 13.1. The van der Waals surface area contributed by atoms with Crippen molar-refractivity contribution in [3.05, 3.63) is 120 Å². The lowest BCUT2D eigenvalue weighted by Crippen LogP contribution is -2.45. The first-order valence-corrected chi connectivity index (χ1v) is 18.7. The van der Waals surface area contributed by atoms with Crippen molar-refractivity contribution in [2.24, 2.45) is 29.1 Å². The van der Waals surface area contributed by atoms with Crippen LogP contribution in [0.5, 0.6) is 0 Å². The van der Waals surface area contributed by atoms with E-state index in [0.717, 1.165) is 33.9 Å². The van der Waals surface area contributed by atoms with E-state index in [1.807, 2.05) is 24.4 Å². The first-order chi connectivity index (χ1) is 24.7. The van der Waals surface area contributed by atoms with Crippen LogP contribution in [0.4, 0.5) is 0 Å². The van der Waals surface area contributed by atoms with Crippen molar-refractivity contribution in [1.29, 1.82) is 5.26 Å². The molecule has 50 heavy (non-hydrogen) atoms. The molecule has 4 unspecified atom stereocenters. The average molecular weight is 662 g/mol. The standard InChI is InChI=1S/C44H31N5S/c45-22-25-15-33-34-23-46-14-13-35(34)44(28-17-26-16-27-18-29(44)21-43(26,27)20-28)36(33)19-32(25)42-48-40(24-7-2-1-3-8-24)47-41(49-42)31-10-6-12-38-39(31)30-9-4-5-11-37(30)50-38/h1-15,19,23,26-29H,16-18,20-21H2. The van der Waals surface area contributed by atoms with E-state index in [2.05, 4.69) is 90.0 Å². The van der Waals surface area contributed by atoms with Crippen molar-refractivity contribution in [3.8, 4) is 51.4 Å². The second-order valence-electron chi connectivity index (χ2n) is 15.4. The van der Waals surface area contributed by atoms with Crippen LogP contribution in [-0.2, 0) is 5.41 Å². The first kappa shape index (κ1) is 27.6. The van der Waals surface area contributed by atoms with Crippen LogP contribution >= 0.6 is 11.3 Å². The van der Waals surface area contributed by atoms with Crippen molar-refractivity contribution < 1.29 is 0 Å². The highest BCUT2D eigenvalue weighted by Gasteiger charge is 2.74. The Labute approximate surface area is 293 Å². The molecule has 6 heteroatoms. The van der Waals surface area contributed by atoms with E-state index >= 15 is 0 Å². The highest BCUT2D eigenvalue weighted by molar-refractivity contribution is 7.25. The van der Waals surface area contributed by atoms with E-state index < -0.39 is 0 Å². The van der Waals surface area contributed by atoms with E-state index in [0.29, 0.717) is 40.3 Å². The smallest absolute Gasteiger partial charge is 0.165 e. The highest BCUT2D eigenvalue weighted by atomic mass is 32.1. The summed E-state index contributed by atoms with van der Waals surface area (Å²) in [6.45, 7) is 0. The third-order valence-corrected chi connectivity index (χ3v) is 14.8. The predicted molar refractivity (Wildman–Crippen MR) is 197 cm³/mol. The number of hydrogen-bond acceptors (Lipinski definition) is 6. The van der Waals surface area contributed by atoms with Crippen LogP contribution in [-0.4, -0.2) is 19.9 Å². The molecule has 5 aliphatic rings. The zero-order chi connectivity index (χ0) is 32.8. The van der Waals surface area contributed by atoms with Gasteiger partial charge < -0.3 is 0 Å². The van der Waals surface area contributed by atoms with Gasteiger partial charge in [-0.1, -0.05) is 60.7 Å². The molecule has 12 rings (SSSR count). The molecule has 5 aliphatic carbocycles. The molecule has 3 heterocycles. The van der Waals surface area contributed by atoms with E-state index in [1.54, 1.807) is 11.3 Å². The van der Waals surface area contributed by atoms with Gasteiger partial charge in [-0.15, -0.1) is 11.3 Å². The Kier molecular flexibility index (Phi) is 5.24. The molecule has 0 aliphatic heterocycles. The van der Waals surface area contributed by atoms with E-state index in [1.165, 1.54) is 69.1 Å². The Bertz CT molecular complexity index is 2630. The SMILES string of the molecule is N#Cc1cc2c(cc1-c1nc(-c3ccccc3)nc(-c3cccc4sc5ccccc5c34)n1)C1(c3ccncc3-2)C2CC3CC4CC1CC34C2. The zero-order valence-corrected chi connectivity index (χ0v) is 28.1. The van der Waals surface area contributed by atoms with Crippen molar-refractivity contribution in [3.63, 3.8) is 0 Å². The van der Waals surface area contributed by atoms with Gasteiger partial charge in [0.1, 0.15) is 0 Å². The number of thiophene rings is 1. The molecule has 0 radical (unpaired) electrons. The topological polar surface area (TPSA) is 75.3 Å². The van der Waals surface area contributed by atoms with Gasteiger partial charge in [0.05, 0.1) is 11.6 Å². The number of rotatable bonds is 3. The Morgan fingerprint density at radius 2 is 1.36 bits per heavy atom. The third-order valence-electron chi connectivity index (χ3n) is 13.7. The number of fused-ring (bicyclic) bond motifs is 12. The largest absolute Gasteiger partial charge is 0.264 e. The Morgan fingerprint density at radius 3 is 2.18 bits per heavy atom. The second kappa shape index (κ2) is 9.50. The minimum atomic E-state index is -0.0525. The molecule has 0 amide bonds. The number of benzene rings is 4. The lowest BCUT2D eigenvalue weighted by atomic mass is 9.54. The van der Waals surface area contributed by atoms with Gasteiger partial charge in [-0.2, -0.15) is 5.26 Å². The maximum absolute atomic E-state index is 10.8. The zero-order valence-electron chi connectivity index (χ0n) is 27.3. The van der Waals surface area contributed by atoms with Gasteiger partial charge in [-0.3, -0.25) is 4.98 Å². The van der Waals surface area contributed by atoms with E-state index in [9.17, 15) is 5.26 Å². The van der Waals surface area contributed by atoms with Gasteiger partial charge in [-0.05, 0) is 108 Å². The lowest BCUT2D eigenvalue weighted by Gasteiger charge is -2.50. The molecule has 3 bridgehead atoms. The number of pyridine rings is 1. The molecule has 0 saturated heterocycles. The van der Waals surface area contributed by atoms with Crippen LogP contribution in [0.25, 0.3) is 65.5 Å². The molecule has 5 nitrogen and oxygen atoms in total. The summed E-state index contributed by atoms with van der Waals surface area (Å²) in [4.78, 5) is 20.2. The second-order valence-corrected chi connectivity index (χ2v) is 16.5. The van der Waals surface area contributed by atoms with Crippen LogP contribution in [0.15, 0.2) is 103 Å². The molecule has 7 aromatic rings. The Hall–Kier alpha value is -5.25. The Morgan fingerprint density at radius 1 is 0.640 bits per heavy atom. The lowest BCUT2D eigenvalue weighted by molar-refractivity contribution is -0.00187. The van der Waals surface area contributed by atoms with E-state index in [4.69, 9.17) is 15.0 Å². The molecule has 4 atom stereocenters. The van der Waals surface area contributed by atoms with Crippen molar-refractivity contribution in [2.45, 2.75) is 37.5 Å². The van der Waals surface area contributed by atoms with Crippen molar-refractivity contribution in [2.75, 3.05) is 0 Å². The molecule has 4 fully saturated rings. The maximum Gasteiger partial charge on any atom is 0.165 e. The fourth-order valence-electron chi connectivity index (χ4n) is 11.9. The maximum atomic E-state index is 10.8. The van der Waals surface area contributed by atoms with Crippen LogP contribution < -0.4 is 0 Å². The van der Waals surface area contributed by atoms with Crippen LogP contribution in [0.1, 0.15) is 48.8 Å². The molecule has 238 valence electrons. The summed E-state index contributed by atoms with van der Waals surface area (Å²) in [5.74, 6) is 4.78. The predicted octanol–water partition coefficient (Wildman–Crippen LogP) is 10.2. The van der Waals surface area contributed by atoms with Gasteiger partial charge in [0.25, 0.3) is 0 Å². The number of hydrogen-bond donors (Lipinski definition) is 0. The van der Waals surface area contributed by atoms with Gasteiger partial charge in [0.15, 0.2) is 17.5 Å².